The van der Waals surface area contributed by atoms with Gasteiger partial charge in [-0.05, 0) is 59.2 Å². The number of hydrogen-bond donors (Lipinski definition) is 2. The van der Waals surface area contributed by atoms with E-state index in [0.29, 0.717) is 18.6 Å². The summed E-state index contributed by atoms with van der Waals surface area (Å²) in [6.45, 7) is 6.78. The van der Waals surface area contributed by atoms with Gasteiger partial charge in [-0.15, -0.1) is 0 Å². The van der Waals surface area contributed by atoms with Crippen LogP contribution in [0.4, 0.5) is 9.18 Å². The van der Waals surface area contributed by atoms with E-state index >= 15 is 0 Å². The van der Waals surface area contributed by atoms with Crippen molar-refractivity contribution in [1.82, 2.24) is 5.32 Å². The molecular weight excluding hydrogens is 345 g/mol. The second-order valence-electron chi connectivity index (χ2n) is 7.81. The molecule has 0 spiro atoms. The SMILES string of the molecule is CCCCOc1ccc(-c2cc3c(cc2F)[C@H](NC(=O)O)C(C)(C)C3)cc1. The largest absolute Gasteiger partial charge is 0.494 e. The molecule has 4 nitrogen and oxygen atoms in total. The Morgan fingerprint density at radius 1 is 1.30 bits per heavy atom. The van der Waals surface area contributed by atoms with Crippen LogP contribution < -0.4 is 10.1 Å². The molecule has 0 aliphatic heterocycles. The summed E-state index contributed by atoms with van der Waals surface area (Å²) in [6, 6.07) is 10.3. The number of amides is 1. The molecule has 2 N–H and O–H groups in total. The van der Waals surface area contributed by atoms with E-state index < -0.39 is 12.1 Å². The van der Waals surface area contributed by atoms with Crippen LogP contribution >= 0.6 is 0 Å². The van der Waals surface area contributed by atoms with E-state index in [0.717, 1.165) is 35.3 Å². The molecule has 144 valence electrons. The van der Waals surface area contributed by atoms with Gasteiger partial charge in [0.1, 0.15) is 11.6 Å². The van der Waals surface area contributed by atoms with Crippen molar-refractivity contribution in [2.45, 2.75) is 46.1 Å². The van der Waals surface area contributed by atoms with Crippen LogP contribution in [0.3, 0.4) is 0 Å². The molecule has 27 heavy (non-hydrogen) atoms. The molecular formula is C22H26FNO3. The van der Waals surface area contributed by atoms with Crippen LogP contribution in [0.5, 0.6) is 5.75 Å². The third-order valence-corrected chi connectivity index (χ3v) is 5.17. The maximum absolute atomic E-state index is 14.8. The monoisotopic (exact) mass is 371 g/mol. The second kappa shape index (κ2) is 7.59. The van der Waals surface area contributed by atoms with Crippen molar-refractivity contribution in [3.05, 3.63) is 53.3 Å². The van der Waals surface area contributed by atoms with Crippen LogP contribution in [0.15, 0.2) is 36.4 Å². The molecule has 1 aliphatic rings. The first-order valence-corrected chi connectivity index (χ1v) is 9.37. The first kappa shape index (κ1) is 19.2. The summed E-state index contributed by atoms with van der Waals surface area (Å²) in [5.74, 6) is 0.434. The van der Waals surface area contributed by atoms with Gasteiger partial charge in [0.25, 0.3) is 0 Å². The van der Waals surface area contributed by atoms with E-state index in [9.17, 15) is 9.18 Å². The van der Waals surface area contributed by atoms with Crippen molar-refractivity contribution in [3.8, 4) is 16.9 Å². The molecule has 5 heteroatoms. The van der Waals surface area contributed by atoms with Gasteiger partial charge in [0.15, 0.2) is 0 Å². The lowest BCUT2D eigenvalue weighted by molar-refractivity contribution is 0.175. The van der Waals surface area contributed by atoms with Gasteiger partial charge in [0, 0.05) is 5.56 Å². The molecule has 2 aromatic rings. The van der Waals surface area contributed by atoms with E-state index in [1.165, 1.54) is 6.07 Å². The molecule has 1 atom stereocenters. The lowest BCUT2D eigenvalue weighted by atomic mass is 9.85. The normalized spacial score (nSPS) is 17.4. The topological polar surface area (TPSA) is 58.6 Å². The van der Waals surface area contributed by atoms with Crippen LogP contribution in [0, 0.1) is 11.2 Å². The van der Waals surface area contributed by atoms with Gasteiger partial charge in [-0.3, -0.25) is 0 Å². The first-order valence-electron chi connectivity index (χ1n) is 9.37. The molecule has 0 saturated heterocycles. The molecule has 1 amide bonds. The van der Waals surface area contributed by atoms with Crippen molar-refractivity contribution >= 4 is 6.09 Å². The highest BCUT2D eigenvalue weighted by Gasteiger charge is 2.40. The molecule has 0 heterocycles. The fourth-order valence-electron chi connectivity index (χ4n) is 3.75. The highest BCUT2D eigenvalue weighted by atomic mass is 19.1. The molecule has 0 bridgehead atoms. The zero-order valence-corrected chi connectivity index (χ0v) is 16.0. The predicted molar refractivity (Wildman–Crippen MR) is 104 cm³/mol. The number of hydrogen-bond acceptors (Lipinski definition) is 2. The van der Waals surface area contributed by atoms with Crippen molar-refractivity contribution in [1.29, 1.82) is 0 Å². The van der Waals surface area contributed by atoms with E-state index in [1.54, 1.807) is 0 Å². The summed E-state index contributed by atoms with van der Waals surface area (Å²) in [7, 11) is 0. The van der Waals surface area contributed by atoms with Gasteiger partial charge in [0.2, 0.25) is 0 Å². The second-order valence-corrected chi connectivity index (χ2v) is 7.81. The fraction of sp³-hybridized carbons (Fsp3) is 0.409. The van der Waals surface area contributed by atoms with E-state index in [4.69, 9.17) is 9.84 Å². The molecule has 0 saturated carbocycles. The molecule has 0 aromatic heterocycles. The van der Waals surface area contributed by atoms with Crippen molar-refractivity contribution in [2.24, 2.45) is 5.41 Å². The number of unbranched alkanes of at least 4 members (excludes halogenated alkanes) is 1. The average Bonchev–Trinajstić information content (AvgIpc) is 2.84. The van der Waals surface area contributed by atoms with Crippen LogP contribution in [0.25, 0.3) is 11.1 Å². The summed E-state index contributed by atoms with van der Waals surface area (Å²) < 4.78 is 20.5. The summed E-state index contributed by atoms with van der Waals surface area (Å²) in [5, 5.41) is 11.7. The maximum Gasteiger partial charge on any atom is 0.405 e. The molecule has 3 rings (SSSR count). The summed E-state index contributed by atoms with van der Waals surface area (Å²) in [4.78, 5) is 11.1. The van der Waals surface area contributed by atoms with Gasteiger partial charge in [-0.25, -0.2) is 9.18 Å². The maximum atomic E-state index is 14.8. The predicted octanol–water partition coefficient (Wildman–Crippen LogP) is 5.56. The summed E-state index contributed by atoms with van der Waals surface area (Å²) in [5.41, 5.74) is 2.72. The standard InChI is InChI=1S/C22H26FNO3/c1-4-5-10-27-16-8-6-14(7-9-16)17-11-15-13-22(2,3)20(24-21(25)26)18(15)12-19(17)23/h6-9,11-12,20,24H,4-5,10,13H2,1-3H3,(H,25,26)/t20-/m0/s1. The number of nitrogens with one attached hydrogen (secondary N) is 1. The summed E-state index contributed by atoms with van der Waals surface area (Å²) >= 11 is 0. The lowest BCUT2D eigenvalue weighted by Gasteiger charge is -2.27. The van der Waals surface area contributed by atoms with Gasteiger partial charge in [0.05, 0.1) is 12.6 Å². The number of carbonyl (C=O) groups is 1. The molecule has 0 unspecified atom stereocenters. The third-order valence-electron chi connectivity index (χ3n) is 5.17. The zero-order chi connectivity index (χ0) is 19.6. The zero-order valence-electron chi connectivity index (χ0n) is 16.0. The van der Waals surface area contributed by atoms with Gasteiger partial charge >= 0.3 is 6.09 Å². The van der Waals surface area contributed by atoms with Crippen LogP contribution in [0.2, 0.25) is 0 Å². The highest BCUT2D eigenvalue weighted by Crippen LogP contribution is 2.46. The molecule has 0 radical (unpaired) electrons. The van der Waals surface area contributed by atoms with Crippen molar-refractivity contribution in [2.75, 3.05) is 6.61 Å². The average molecular weight is 371 g/mol. The lowest BCUT2D eigenvalue weighted by Crippen LogP contribution is -2.34. The number of carboxylic acid groups (broad SMARTS) is 1. The quantitative estimate of drug-likeness (QED) is 0.653. The Labute approximate surface area is 159 Å². The number of rotatable bonds is 6. The third kappa shape index (κ3) is 4.07. The van der Waals surface area contributed by atoms with E-state index in [1.807, 2.05) is 44.2 Å². The van der Waals surface area contributed by atoms with Gasteiger partial charge in [-0.2, -0.15) is 0 Å². The first-order chi connectivity index (χ1) is 12.8. The minimum Gasteiger partial charge on any atom is -0.494 e. The molecule has 1 aliphatic carbocycles. The minimum atomic E-state index is -1.09. The van der Waals surface area contributed by atoms with Crippen LogP contribution in [0.1, 0.15) is 50.8 Å². The Morgan fingerprint density at radius 2 is 2.00 bits per heavy atom. The Balaban J connectivity index is 1.88. The molecule has 2 aromatic carbocycles. The Kier molecular flexibility index (Phi) is 5.40. The smallest absolute Gasteiger partial charge is 0.405 e. The number of ether oxygens (including phenoxy) is 1. The number of halogens is 1. The Morgan fingerprint density at radius 3 is 2.63 bits per heavy atom. The molecule has 0 fully saturated rings. The van der Waals surface area contributed by atoms with Gasteiger partial charge in [-0.1, -0.05) is 39.3 Å². The summed E-state index contributed by atoms with van der Waals surface area (Å²) in [6.07, 6.45) is 1.68. The Hall–Kier alpha value is -2.56. The highest BCUT2D eigenvalue weighted by molar-refractivity contribution is 5.69. The van der Waals surface area contributed by atoms with Crippen LogP contribution in [-0.2, 0) is 6.42 Å². The minimum absolute atomic E-state index is 0.303. The van der Waals surface area contributed by atoms with Gasteiger partial charge < -0.3 is 15.2 Å². The van der Waals surface area contributed by atoms with Crippen molar-refractivity contribution < 1.29 is 19.0 Å². The number of fused-ring (bicyclic) bond motifs is 1. The van der Waals surface area contributed by atoms with E-state index in [-0.39, 0.29) is 11.2 Å². The number of benzene rings is 2. The fourth-order valence-corrected chi connectivity index (χ4v) is 3.75. The van der Waals surface area contributed by atoms with Crippen molar-refractivity contribution in [3.63, 3.8) is 0 Å². The van der Waals surface area contributed by atoms with E-state index in [2.05, 4.69) is 12.2 Å². The van der Waals surface area contributed by atoms with Crippen LogP contribution in [-0.4, -0.2) is 17.8 Å². The Bertz CT molecular complexity index is 830.